The highest BCUT2D eigenvalue weighted by Crippen LogP contribution is 2.44. The van der Waals surface area contributed by atoms with E-state index in [2.05, 4.69) is 16.7 Å². The molecule has 0 radical (unpaired) electrons. The lowest BCUT2D eigenvalue weighted by molar-refractivity contribution is -0.116. The summed E-state index contributed by atoms with van der Waals surface area (Å²) >= 11 is 7.43. The minimum Gasteiger partial charge on any atom is -0.494 e. The lowest BCUT2D eigenvalue weighted by Gasteiger charge is -2.33. The van der Waals surface area contributed by atoms with E-state index in [0.29, 0.717) is 39.9 Å². The molecule has 0 saturated heterocycles. The Balaban J connectivity index is 1.61. The van der Waals surface area contributed by atoms with Crippen LogP contribution in [0.25, 0.3) is 0 Å². The second-order valence-corrected chi connectivity index (χ2v) is 9.73. The number of thioether (sulfide) groups is 1. The van der Waals surface area contributed by atoms with Crippen molar-refractivity contribution in [3.8, 4) is 11.8 Å². The van der Waals surface area contributed by atoms with Gasteiger partial charge in [-0.2, -0.15) is 5.26 Å². The van der Waals surface area contributed by atoms with Gasteiger partial charge in [0.1, 0.15) is 5.75 Å². The lowest BCUT2D eigenvalue weighted by Crippen LogP contribution is -2.31. The smallest absolute Gasteiger partial charge is 0.234 e. The number of ether oxygens (including phenoxy) is 1. The van der Waals surface area contributed by atoms with E-state index in [9.17, 15) is 14.9 Å². The molecule has 2 aromatic carbocycles. The number of Topliss-reactive ketones (excluding diaryl/α,β-unsaturated/α-hetero) is 1. The summed E-state index contributed by atoms with van der Waals surface area (Å²) in [5.41, 5.74) is 4.25. The van der Waals surface area contributed by atoms with Crippen molar-refractivity contribution in [2.24, 2.45) is 0 Å². The predicted molar refractivity (Wildman–Crippen MR) is 139 cm³/mol. The standard InChI is InChI=1S/C27H26ClN3O3S/c1-3-34-18-12-10-17(11-13-18)25-19(14-29)27(31-22-8-5-9-23(32)26(22)25)35-15-24(33)30-21-7-4-6-20(28)16(21)2/h4,6-7,10-13,25,31H,3,5,8-9,15H2,1-2H3,(H,30,33). The van der Waals surface area contributed by atoms with Gasteiger partial charge in [-0.05, 0) is 62.1 Å². The van der Waals surface area contributed by atoms with Crippen LogP contribution in [0.5, 0.6) is 5.75 Å². The number of halogens is 1. The van der Waals surface area contributed by atoms with Gasteiger partial charge in [0.25, 0.3) is 0 Å². The number of nitrogens with zero attached hydrogens (tertiary/aromatic N) is 1. The fourth-order valence-electron chi connectivity index (χ4n) is 4.36. The Morgan fingerprint density at radius 2 is 2.03 bits per heavy atom. The molecule has 0 fully saturated rings. The Kier molecular flexibility index (Phi) is 7.84. The van der Waals surface area contributed by atoms with E-state index in [0.717, 1.165) is 35.4 Å². The van der Waals surface area contributed by atoms with E-state index in [-0.39, 0.29) is 17.4 Å². The molecule has 6 nitrogen and oxygen atoms in total. The molecule has 0 spiro atoms. The maximum atomic E-state index is 12.9. The average Bonchev–Trinajstić information content (AvgIpc) is 2.85. The zero-order chi connectivity index (χ0) is 24.9. The summed E-state index contributed by atoms with van der Waals surface area (Å²) < 4.78 is 5.55. The van der Waals surface area contributed by atoms with Crippen molar-refractivity contribution in [1.29, 1.82) is 5.26 Å². The molecule has 1 aliphatic carbocycles. The summed E-state index contributed by atoms with van der Waals surface area (Å²) in [5, 5.41) is 17.5. The van der Waals surface area contributed by atoms with Crippen LogP contribution in [0, 0.1) is 18.3 Å². The van der Waals surface area contributed by atoms with Crippen LogP contribution < -0.4 is 15.4 Å². The minimum absolute atomic E-state index is 0.0589. The fraction of sp³-hybridized carbons (Fsp3) is 0.296. The number of amides is 1. The molecule has 1 unspecified atom stereocenters. The lowest BCUT2D eigenvalue weighted by atomic mass is 9.77. The molecule has 1 heterocycles. The Hall–Kier alpha value is -3.21. The molecule has 0 saturated carbocycles. The van der Waals surface area contributed by atoms with Gasteiger partial charge in [-0.15, -0.1) is 0 Å². The number of dihydropyridines is 1. The number of anilines is 1. The van der Waals surface area contributed by atoms with Crippen LogP contribution in [-0.2, 0) is 9.59 Å². The quantitative estimate of drug-likeness (QED) is 0.488. The second-order valence-electron chi connectivity index (χ2n) is 8.33. The van der Waals surface area contributed by atoms with Crippen LogP contribution in [0.15, 0.2) is 64.3 Å². The zero-order valence-corrected chi connectivity index (χ0v) is 21.2. The molecule has 1 aliphatic heterocycles. The van der Waals surface area contributed by atoms with Gasteiger partial charge in [0.05, 0.1) is 34.9 Å². The Morgan fingerprint density at radius 1 is 1.26 bits per heavy atom. The highest BCUT2D eigenvalue weighted by atomic mass is 35.5. The van der Waals surface area contributed by atoms with Crippen LogP contribution in [0.4, 0.5) is 5.69 Å². The summed E-state index contributed by atoms with van der Waals surface area (Å²) in [7, 11) is 0. The largest absolute Gasteiger partial charge is 0.494 e. The summed E-state index contributed by atoms with van der Waals surface area (Å²) in [6.45, 7) is 4.32. The zero-order valence-electron chi connectivity index (χ0n) is 19.6. The molecule has 4 rings (SSSR count). The SMILES string of the molecule is CCOc1ccc(C2C(C#N)=C(SCC(=O)Nc3cccc(Cl)c3C)NC3=C2C(=O)CCC3)cc1. The molecular weight excluding hydrogens is 482 g/mol. The Labute approximate surface area is 214 Å². The molecule has 2 aromatic rings. The topological polar surface area (TPSA) is 91.2 Å². The van der Waals surface area contributed by atoms with E-state index >= 15 is 0 Å². The first-order chi connectivity index (χ1) is 16.9. The summed E-state index contributed by atoms with van der Waals surface area (Å²) in [6, 6.07) is 15.2. The molecule has 0 aromatic heterocycles. The summed E-state index contributed by atoms with van der Waals surface area (Å²) in [4.78, 5) is 25.7. The molecule has 1 amide bonds. The number of hydrogen-bond acceptors (Lipinski definition) is 6. The fourth-order valence-corrected chi connectivity index (χ4v) is 5.40. The number of hydrogen-bond donors (Lipinski definition) is 2. The van der Waals surface area contributed by atoms with Crippen LogP contribution in [0.1, 0.15) is 43.2 Å². The van der Waals surface area contributed by atoms with Crippen molar-refractivity contribution in [2.75, 3.05) is 17.7 Å². The predicted octanol–water partition coefficient (Wildman–Crippen LogP) is 5.85. The van der Waals surface area contributed by atoms with Crippen molar-refractivity contribution < 1.29 is 14.3 Å². The van der Waals surface area contributed by atoms with E-state index in [1.165, 1.54) is 11.8 Å². The number of carbonyl (C=O) groups excluding carboxylic acids is 2. The van der Waals surface area contributed by atoms with Gasteiger partial charge in [0, 0.05) is 28.4 Å². The van der Waals surface area contributed by atoms with E-state index < -0.39 is 5.92 Å². The van der Waals surface area contributed by atoms with Crippen molar-refractivity contribution in [2.45, 2.75) is 39.0 Å². The molecule has 35 heavy (non-hydrogen) atoms. The van der Waals surface area contributed by atoms with E-state index in [4.69, 9.17) is 16.3 Å². The maximum absolute atomic E-state index is 12.9. The van der Waals surface area contributed by atoms with Gasteiger partial charge in [-0.3, -0.25) is 9.59 Å². The second kappa shape index (κ2) is 11.0. The van der Waals surface area contributed by atoms with E-state index in [1.54, 1.807) is 18.2 Å². The number of rotatable bonds is 7. The van der Waals surface area contributed by atoms with Gasteiger partial charge in [0.2, 0.25) is 5.91 Å². The molecule has 180 valence electrons. The first-order valence-corrected chi connectivity index (χ1v) is 12.9. The number of nitrogens with one attached hydrogen (secondary N) is 2. The van der Waals surface area contributed by atoms with Crippen LogP contribution in [0.2, 0.25) is 5.02 Å². The van der Waals surface area contributed by atoms with Gasteiger partial charge >= 0.3 is 0 Å². The molecular formula is C27H26ClN3O3S. The first-order valence-electron chi connectivity index (χ1n) is 11.5. The van der Waals surface area contributed by atoms with E-state index in [1.807, 2.05) is 38.1 Å². The number of benzene rings is 2. The molecule has 0 bridgehead atoms. The van der Waals surface area contributed by atoms with Gasteiger partial charge < -0.3 is 15.4 Å². The number of nitriles is 1. The Bertz CT molecular complexity index is 1260. The number of ketones is 1. The number of allylic oxidation sites excluding steroid dienone is 3. The molecule has 2 aliphatic rings. The Morgan fingerprint density at radius 3 is 2.74 bits per heavy atom. The summed E-state index contributed by atoms with van der Waals surface area (Å²) in [5.74, 6) is 0.221. The van der Waals surface area contributed by atoms with Crippen molar-refractivity contribution >= 4 is 40.7 Å². The van der Waals surface area contributed by atoms with Crippen molar-refractivity contribution in [1.82, 2.24) is 5.32 Å². The first kappa shape index (κ1) is 24.9. The number of carbonyl (C=O) groups is 2. The monoisotopic (exact) mass is 507 g/mol. The van der Waals surface area contributed by atoms with Crippen LogP contribution in [0.3, 0.4) is 0 Å². The third-order valence-electron chi connectivity index (χ3n) is 6.08. The third-order valence-corrected chi connectivity index (χ3v) is 7.50. The third kappa shape index (κ3) is 5.39. The van der Waals surface area contributed by atoms with Gasteiger partial charge in [-0.1, -0.05) is 41.6 Å². The highest BCUT2D eigenvalue weighted by molar-refractivity contribution is 8.03. The van der Waals surface area contributed by atoms with Gasteiger partial charge in [-0.25, -0.2) is 0 Å². The average molecular weight is 508 g/mol. The minimum atomic E-state index is -0.472. The molecule has 8 heteroatoms. The van der Waals surface area contributed by atoms with Crippen molar-refractivity contribution in [3.63, 3.8) is 0 Å². The normalized spacial score (nSPS) is 17.4. The molecule has 2 N–H and O–H groups in total. The molecule has 1 atom stereocenters. The summed E-state index contributed by atoms with van der Waals surface area (Å²) in [6.07, 6.45) is 1.96. The van der Waals surface area contributed by atoms with Gasteiger partial charge in [0.15, 0.2) is 5.78 Å². The maximum Gasteiger partial charge on any atom is 0.234 e. The highest BCUT2D eigenvalue weighted by Gasteiger charge is 2.37. The van der Waals surface area contributed by atoms with Crippen LogP contribution in [-0.4, -0.2) is 24.1 Å². The van der Waals surface area contributed by atoms with Crippen LogP contribution >= 0.6 is 23.4 Å². The van der Waals surface area contributed by atoms with Crippen molar-refractivity contribution in [3.05, 3.63) is 80.5 Å².